The number of hydrogen-bond acceptors (Lipinski definition) is 3. The molecule has 0 radical (unpaired) electrons. The zero-order valence-corrected chi connectivity index (χ0v) is 15.2. The Morgan fingerprint density at radius 3 is 2.62 bits per heavy atom. The molecule has 0 heterocycles. The molecule has 1 N–H and O–H groups in total. The summed E-state index contributed by atoms with van der Waals surface area (Å²) < 4.78 is 5.35. The number of methoxy groups -OCH3 is 1. The van der Waals surface area contributed by atoms with Gasteiger partial charge in [-0.3, -0.25) is 4.90 Å². The minimum absolute atomic E-state index is 0.419. The first kappa shape index (κ1) is 18.9. The number of nitrogens with one attached hydrogen (secondary N) is 1. The predicted molar refractivity (Wildman–Crippen MR) is 91.8 cm³/mol. The largest absolute Gasteiger partial charge is 0.383 e. The lowest BCUT2D eigenvalue weighted by Gasteiger charge is -2.46. The average molecular weight is 299 g/mol. The molecule has 0 spiro atoms. The highest BCUT2D eigenvalue weighted by Crippen LogP contribution is 2.39. The smallest absolute Gasteiger partial charge is 0.0615 e. The van der Waals surface area contributed by atoms with Crippen LogP contribution in [0.5, 0.6) is 0 Å². The van der Waals surface area contributed by atoms with Crippen molar-refractivity contribution < 1.29 is 4.74 Å². The number of rotatable bonds is 9. The SMILES string of the molecule is CCCNC1C(CN(CC)C(C)COC)CCCC1(C)C. The van der Waals surface area contributed by atoms with Gasteiger partial charge < -0.3 is 10.1 Å². The van der Waals surface area contributed by atoms with Crippen molar-refractivity contribution in [3.8, 4) is 0 Å². The van der Waals surface area contributed by atoms with E-state index in [0.717, 1.165) is 25.6 Å². The summed E-state index contributed by atoms with van der Waals surface area (Å²) in [5.74, 6) is 0.763. The maximum atomic E-state index is 5.35. The number of nitrogens with zero attached hydrogens (tertiary/aromatic N) is 1. The molecule has 1 aliphatic carbocycles. The summed E-state index contributed by atoms with van der Waals surface area (Å²) in [6.45, 7) is 16.0. The average Bonchev–Trinajstić information content (AvgIpc) is 2.43. The second kappa shape index (κ2) is 9.12. The lowest BCUT2D eigenvalue weighted by molar-refractivity contribution is 0.0477. The van der Waals surface area contributed by atoms with E-state index in [0.29, 0.717) is 17.5 Å². The van der Waals surface area contributed by atoms with Crippen molar-refractivity contribution in [3.63, 3.8) is 0 Å². The molecule has 1 fully saturated rings. The maximum absolute atomic E-state index is 5.35. The van der Waals surface area contributed by atoms with Gasteiger partial charge in [0.05, 0.1) is 6.61 Å². The molecule has 0 amide bonds. The summed E-state index contributed by atoms with van der Waals surface area (Å²) in [5.41, 5.74) is 0.419. The van der Waals surface area contributed by atoms with Crippen LogP contribution in [0.25, 0.3) is 0 Å². The van der Waals surface area contributed by atoms with Crippen molar-refractivity contribution in [2.75, 3.05) is 33.4 Å². The summed E-state index contributed by atoms with van der Waals surface area (Å²) in [6, 6.07) is 1.16. The molecule has 0 aliphatic heterocycles. The Morgan fingerprint density at radius 1 is 1.33 bits per heavy atom. The topological polar surface area (TPSA) is 24.5 Å². The first-order valence-corrected chi connectivity index (χ1v) is 8.92. The zero-order chi connectivity index (χ0) is 15.9. The molecule has 0 bridgehead atoms. The van der Waals surface area contributed by atoms with Gasteiger partial charge in [-0.25, -0.2) is 0 Å². The van der Waals surface area contributed by atoms with Gasteiger partial charge in [0, 0.05) is 25.7 Å². The molecule has 1 saturated carbocycles. The summed E-state index contributed by atoms with van der Waals surface area (Å²) in [4.78, 5) is 2.59. The van der Waals surface area contributed by atoms with E-state index >= 15 is 0 Å². The third-order valence-electron chi connectivity index (χ3n) is 5.23. The summed E-state index contributed by atoms with van der Waals surface area (Å²) in [6.07, 6.45) is 5.31. The van der Waals surface area contributed by atoms with Gasteiger partial charge >= 0.3 is 0 Å². The molecule has 0 aromatic carbocycles. The molecule has 3 heteroatoms. The van der Waals surface area contributed by atoms with Crippen molar-refractivity contribution in [2.24, 2.45) is 11.3 Å². The van der Waals surface area contributed by atoms with Gasteiger partial charge in [-0.2, -0.15) is 0 Å². The van der Waals surface area contributed by atoms with Gasteiger partial charge in [-0.1, -0.05) is 34.1 Å². The number of ether oxygens (including phenoxy) is 1. The molecular weight excluding hydrogens is 260 g/mol. The standard InChI is InChI=1S/C18H38N2O/c1-7-12-19-17-16(10-9-11-18(17,4)5)13-20(8-2)15(3)14-21-6/h15-17,19H,7-14H2,1-6H3. The van der Waals surface area contributed by atoms with Crippen molar-refractivity contribution in [3.05, 3.63) is 0 Å². The predicted octanol–water partition coefficient (Wildman–Crippen LogP) is 3.54. The van der Waals surface area contributed by atoms with E-state index in [4.69, 9.17) is 4.74 Å². The van der Waals surface area contributed by atoms with Gasteiger partial charge in [0.1, 0.15) is 0 Å². The maximum Gasteiger partial charge on any atom is 0.0615 e. The van der Waals surface area contributed by atoms with E-state index in [-0.39, 0.29) is 0 Å². The van der Waals surface area contributed by atoms with Crippen LogP contribution in [0.4, 0.5) is 0 Å². The fourth-order valence-electron chi connectivity index (χ4n) is 3.99. The molecule has 3 nitrogen and oxygen atoms in total. The zero-order valence-electron chi connectivity index (χ0n) is 15.2. The van der Waals surface area contributed by atoms with Crippen molar-refractivity contribution >= 4 is 0 Å². The van der Waals surface area contributed by atoms with Crippen LogP contribution < -0.4 is 5.32 Å². The molecule has 1 rings (SSSR count). The van der Waals surface area contributed by atoms with Crippen molar-refractivity contribution in [2.45, 2.75) is 72.4 Å². The highest BCUT2D eigenvalue weighted by atomic mass is 16.5. The van der Waals surface area contributed by atoms with Crippen LogP contribution in [0, 0.1) is 11.3 Å². The summed E-state index contributed by atoms with van der Waals surface area (Å²) in [7, 11) is 1.81. The highest BCUT2D eigenvalue weighted by Gasteiger charge is 2.39. The summed E-state index contributed by atoms with van der Waals surface area (Å²) in [5, 5.41) is 3.85. The van der Waals surface area contributed by atoms with Gasteiger partial charge in [0.2, 0.25) is 0 Å². The highest BCUT2D eigenvalue weighted by molar-refractivity contribution is 4.94. The monoisotopic (exact) mass is 298 g/mol. The first-order valence-electron chi connectivity index (χ1n) is 8.92. The molecule has 3 atom stereocenters. The molecule has 21 heavy (non-hydrogen) atoms. The lowest BCUT2D eigenvalue weighted by atomic mass is 9.67. The van der Waals surface area contributed by atoms with E-state index in [9.17, 15) is 0 Å². The third kappa shape index (κ3) is 5.54. The van der Waals surface area contributed by atoms with Crippen LogP contribution >= 0.6 is 0 Å². The van der Waals surface area contributed by atoms with Crippen LogP contribution in [-0.2, 0) is 4.74 Å². The van der Waals surface area contributed by atoms with E-state index in [1.807, 2.05) is 0 Å². The second-order valence-corrected chi connectivity index (χ2v) is 7.46. The van der Waals surface area contributed by atoms with E-state index in [1.165, 1.54) is 32.2 Å². The molecular formula is C18H38N2O. The van der Waals surface area contributed by atoms with Crippen LogP contribution in [0.1, 0.15) is 60.3 Å². The minimum atomic E-state index is 0.419. The normalized spacial score (nSPS) is 27.0. The van der Waals surface area contributed by atoms with E-state index < -0.39 is 0 Å². The molecule has 3 unspecified atom stereocenters. The number of hydrogen-bond donors (Lipinski definition) is 1. The molecule has 0 aromatic heterocycles. The molecule has 1 aliphatic rings. The Hall–Kier alpha value is -0.120. The van der Waals surface area contributed by atoms with Gasteiger partial charge in [-0.05, 0) is 50.6 Å². The van der Waals surface area contributed by atoms with Gasteiger partial charge in [0.15, 0.2) is 0 Å². The molecule has 126 valence electrons. The lowest BCUT2D eigenvalue weighted by Crippen LogP contribution is -2.54. The Morgan fingerprint density at radius 2 is 2.05 bits per heavy atom. The Bertz CT molecular complexity index is 280. The van der Waals surface area contributed by atoms with Crippen LogP contribution in [0.2, 0.25) is 0 Å². The van der Waals surface area contributed by atoms with Crippen LogP contribution in [0.15, 0.2) is 0 Å². The van der Waals surface area contributed by atoms with E-state index in [1.54, 1.807) is 7.11 Å². The fraction of sp³-hybridized carbons (Fsp3) is 1.00. The molecule has 0 aromatic rings. The summed E-state index contributed by atoms with van der Waals surface area (Å²) >= 11 is 0. The van der Waals surface area contributed by atoms with Crippen molar-refractivity contribution in [1.29, 1.82) is 0 Å². The quantitative estimate of drug-likeness (QED) is 0.704. The van der Waals surface area contributed by atoms with Crippen LogP contribution in [-0.4, -0.2) is 50.3 Å². The number of likely N-dealkylation sites (N-methyl/N-ethyl adjacent to an activating group) is 1. The Balaban J connectivity index is 2.71. The second-order valence-electron chi connectivity index (χ2n) is 7.46. The first-order chi connectivity index (χ1) is 9.96. The Kier molecular flexibility index (Phi) is 8.22. The van der Waals surface area contributed by atoms with Crippen molar-refractivity contribution in [1.82, 2.24) is 10.2 Å². The van der Waals surface area contributed by atoms with E-state index in [2.05, 4.69) is 44.8 Å². The molecule has 0 saturated heterocycles. The fourth-order valence-corrected chi connectivity index (χ4v) is 3.99. The van der Waals surface area contributed by atoms with Gasteiger partial charge in [-0.15, -0.1) is 0 Å². The Labute approximate surface area is 132 Å². The van der Waals surface area contributed by atoms with Gasteiger partial charge in [0.25, 0.3) is 0 Å². The third-order valence-corrected chi connectivity index (χ3v) is 5.23. The minimum Gasteiger partial charge on any atom is -0.383 e. The van der Waals surface area contributed by atoms with Crippen LogP contribution in [0.3, 0.4) is 0 Å².